The smallest absolute Gasteiger partial charge is 0.119 e. The molecule has 0 atom stereocenters. The van der Waals surface area contributed by atoms with Crippen LogP contribution < -0.4 is 15.2 Å². The van der Waals surface area contributed by atoms with Crippen molar-refractivity contribution in [2.75, 3.05) is 20.8 Å². The van der Waals surface area contributed by atoms with Crippen LogP contribution in [-0.2, 0) is 19.5 Å². The summed E-state index contributed by atoms with van der Waals surface area (Å²) in [4.78, 5) is 0. The monoisotopic (exact) mass is 361 g/mol. The number of methoxy groups -OCH3 is 2. The van der Waals surface area contributed by atoms with Crippen LogP contribution in [0.4, 0.5) is 0 Å². The quantitative estimate of drug-likeness (QED) is 0.533. The normalized spacial score (nSPS) is 13.0. The average molecular weight is 361 g/mol. The molecular formula is C22H23N3O2. The third-order valence-electron chi connectivity index (χ3n) is 5.71. The van der Waals surface area contributed by atoms with Crippen LogP contribution in [0.25, 0.3) is 21.8 Å². The van der Waals surface area contributed by atoms with E-state index in [0.29, 0.717) is 6.54 Å². The van der Waals surface area contributed by atoms with Crippen molar-refractivity contribution in [1.82, 2.24) is 9.13 Å². The summed E-state index contributed by atoms with van der Waals surface area (Å²) in [5, 5.41) is 2.48. The van der Waals surface area contributed by atoms with Crippen LogP contribution in [0.2, 0.25) is 0 Å². The Morgan fingerprint density at radius 1 is 0.889 bits per heavy atom. The molecule has 1 aliphatic heterocycles. The van der Waals surface area contributed by atoms with E-state index in [1.165, 1.54) is 38.8 Å². The Balaban J connectivity index is 1.71. The number of benzene rings is 2. The fraction of sp³-hybridized carbons (Fsp3) is 0.273. The molecule has 5 rings (SSSR count). The zero-order valence-electron chi connectivity index (χ0n) is 15.7. The van der Waals surface area contributed by atoms with Gasteiger partial charge in [0, 0.05) is 33.2 Å². The molecule has 0 amide bonds. The Labute approximate surface area is 157 Å². The first-order valence-corrected chi connectivity index (χ1v) is 9.27. The van der Waals surface area contributed by atoms with Crippen LogP contribution in [0.5, 0.6) is 11.5 Å². The summed E-state index contributed by atoms with van der Waals surface area (Å²) in [5.41, 5.74) is 12.5. The number of hydrogen-bond donors (Lipinski definition) is 1. The number of aromatic nitrogens is 2. The Hall–Kier alpha value is -2.92. The SMILES string of the molecule is COc1ccc2c(c1)cc1n2Cc2c(CCN)c3cc(OC)ccc3n2C1. The molecule has 0 bridgehead atoms. The van der Waals surface area contributed by atoms with E-state index in [-0.39, 0.29) is 0 Å². The second-order valence-electron chi connectivity index (χ2n) is 7.08. The van der Waals surface area contributed by atoms with Crippen molar-refractivity contribution in [3.05, 3.63) is 59.4 Å². The number of nitrogens with zero attached hydrogens (tertiary/aromatic N) is 2. The first-order chi connectivity index (χ1) is 13.2. The van der Waals surface area contributed by atoms with Crippen LogP contribution in [0.3, 0.4) is 0 Å². The van der Waals surface area contributed by atoms with Gasteiger partial charge in [-0.1, -0.05) is 0 Å². The maximum atomic E-state index is 5.95. The summed E-state index contributed by atoms with van der Waals surface area (Å²) in [7, 11) is 3.42. The van der Waals surface area contributed by atoms with Gasteiger partial charge in [0.1, 0.15) is 11.5 Å². The summed E-state index contributed by atoms with van der Waals surface area (Å²) in [6.07, 6.45) is 0.869. The van der Waals surface area contributed by atoms with Crippen molar-refractivity contribution in [1.29, 1.82) is 0 Å². The summed E-state index contributed by atoms with van der Waals surface area (Å²) >= 11 is 0. The summed E-state index contributed by atoms with van der Waals surface area (Å²) in [6, 6.07) is 14.9. The second-order valence-corrected chi connectivity index (χ2v) is 7.08. The van der Waals surface area contributed by atoms with Gasteiger partial charge in [0.2, 0.25) is 0 Å². The van der Waals surface area contributed by atoms with E-state index in [2.05, 4.69) is 39.5 Å². The second kappa shape index (κ2) is 6.06. The molecule has 0 saturated heterocycles. The van der Waals surface area contributed by atoms with Crippen molar-refractivity contribution in [3.63, 3.8) is 0 Å². The number of ether oxygens (including phenoxy) is 2. The zero-order valence-corrected chi connectivity index (χ0v) is 15.7. The molecule has 3 heterocycles. The largest absolute Gasteiger partial charge is 0.497 e. The van der Waals surface area contributed by atoms with Crippen LogP contribution in [0.1, 0.15) is 17.0 Å². The molecule has 1 aliphatic rings. The maximum absolute atomic E-state index is 5.95. The van der Waals surface area contributed by atoms with Gasteiger partial charge in [-0.05, 0) is 61.0 Å². The van der Waals surface area contributed by atoms with Gasteiger partial charge < -0.3 is 24.3 Å². The minimum absolute atomic E-state index is 0.639. The van der Waals surface area contributed by atoms with Crippen LogP contribution in [-0.4, -0.2) is 29.9 Å². The summed E-state index contributed by atoms with van der Waals surface area (Å²) < 4.78 is 15.7. The topological polar surface area (TPSA) is 54.3 Å². The van der Waals surface area contributed by atoms with Crippen LogP contribution in [0, 0.1) is 0 Å². The van der Waals surface area contributed by atoms with Crippen LogP contribution >= 0.6 is 0 Å². The van der Waals surface area contributed by atoms with Crippen molar-refractivity contribution in [2.24, 2.45) is 5.73 Å². The predicted molar refractivity (Wildman–Crippen MR) is 108 cm³/mol. The highest BCUT2D eigenvalue weighted by molar-refractivity contribution is 5.88. The molecule has 0 radical (unpaired) electrons. The molecule has 2 aromatic heterocycles. The third-order valence-corrected chi connectivity index (χ3v) is 5.71. The molecule has 27 heavy (non-hydrogen) atoms. The van der Waals surface area contributed by atoms with Gasteiger partial charge in [0.05, 0.1) is 27.3 Å². The van der Waals surface area contributed by atoms with Gasteiger partial charge in [-0.25, -0.2) is 0 Å². The lowest BCUT2D eigenvalue weighted by Gasteiger charge is -2.22. The number of rotatable bonds is 4. The van der Waals surface area contributed by atoms with Crippen molar-refractivity contribution in [3.8, 4) is 11.5 Å². The Bertz CT molecular complexity index is 1170. The van der Waals surface area contributed by atoms with Crippen molar-refractivity contribution >= 4 is 21.8 Å². The molecule has 0 fully saturated rings. The average Bonchev–Trinajstić information content (AvgIpc) is 3.21. The summed E-state index contributed by atoms with van der Waals surface area (Å²) in [6.45, 7) is 2.36. The van der Waals surface area contributed by atoms with Gasteiger partial charge in [0.25, 0.3) is 0 Å². The molecule has 0 aliphatic carbocycles. The number of fused-ring (bicyclic) bond motifs is 6. The Kier molecular flexibility index (Phi) is 3.65. The van der Waals surface area contributed by atoms with Gasteiger partial charge in [0.15, 0.2) is 0 Å². The van der Waals surface area contributed by atoms with E-state index < -0.39 is 0 Å². The first-order valence-electron chi connectivity index (χ1n) is 9.27. The zero-order chi connectivity index (χ0) is 18.5. The molecule has 0 unspecified atom stereocenters. The molecule has 138 valence electrons. The highest BCUT2D eigenvalue weighted by Gasteiger charge is 2.24. The van der Waals surface area contributed by atoms with Crippen molar-refractivity contribution < 1.29 is 9.47 Å². The van der Waals surface area contributed by atoms with E-state index in [0.717, 1.165) is 31.0 Å². The number of hydrogen-bond acceptors (Lipinski definition) is 3. The van der Waals surface area contributed by atoms with Crippen LogP contribution in [0.15, 0.2) is 42.5 Å². The molecule has 0 saturated carbocycles. The Morgan fingerprint density at radius 3 is 2.37 bits per heavy atom. The standard InChI is InChI=1S/C22H23N3O2/c1-26-16-3-5-20-14(10-16)9-15-12-25-21-6-4-17(27-2)11-19(21)18(7-8-23)22(25)13-24(15)20/h3-6,9-11H,7-8,12-13,23H2,1-2H3. The van der Waals surface area contributed by atoms with Crippen molar-refractivity contribution in [2.45, 2.75) is 19.5 Å². The maximum Gasteiger partial charge on any atom is 0.119 e. The van der Waals surface area contributed by atoms with E-state index >= 15 is 0 Å². The highest BCUT2D eigenvalue weighted by Crippen LogP contribution is 2.36. The lowest BCUT2D eigenvalue weighted by Crippen LogP contribution is -2.20. The van der Waals surface area contributed by atoms with Gasteiger partial charge in [-0.2, -0.15) is 0 Å². The van der Waals surface area contributed by atoms with Gasteiger partial charge in [-0.15, -0.1) is 0 Å². The molecule has 4 aromatic rings. The predicted octanol–water partition coefficient (Wildman–Crippen LogP) is 3.52. The fourth-order valence-corrected chi connectivity index (χ4v) is 4.43. The molecular weight excluding hydrogens is 338 g/mol. The lowest BCUT2D eigenvalue weighted by molar-refractivity contribution is 0.415. The lowest BCUT2D eigenvalue weighted by atomic mass is 10.1. The van der Waals surface area contributed by atoms with E-state index in [1.54, 1.807) is 14.2 Å². The highest BCUT2D eigenvalue weighted by atomic mass is 16.5. The molecule has 0 spiro atoms. The number of nitrogens with two attached hydrogens (primary N) is 1. The van der Waals surface area contributed by atoms with E-state index in [9.17, 15) is 0 Å². The fourth-order valence-electron chi connectivity index (χ4n) is 4.43. The Morgan fingerprint density at radius 2 is 1.63 bits per heavy atom. The molecule has 2 N–H and O–H groups in total. The third kappa shape index (κ3) is 2.35. The molecule has 2 aromatic carbocycles. The first kappa shape index (κ1) is 16.3. The van der Waals surface area contributed by atoms with E-state index in [4.69, 9.17) is 15.2 Å². The van der Waals surface area contributed by atoms with E-state index in [1.807, 2.05) is 12.1 Å². The molecule has 5 heteroatoms. The van der Waals surface area contributed by atoms with Gasteiger partial charge in [-0.3, -0.25) is 0 Å². The minimum atomic E-state index is 0.639. The van der Waals surface area contributed by atoms with Gasteiger partial charge >= 0.3 is 0 Å². The summed E-state index contributed by atoms with van der Waals surface area (Å²) in [5.74, 6) is 1.78. The minimum Gasteiger partial charge on any atom is -0.497 e. The molecule has 5 nitrogen and oxygen atoms in total.